The second-order valence-electron chi connectivity index (χ2n) is 10.0. The molecule has 1 aliphatic carbocycles. The number of piperidine rings is 1. The third-order valence-electron chi connectivity index (χ3n) is 7.96. The molecule has 3 aliphatic rings. The van der Waals surface area contributed by atoms with Crippen molar-refractivity contribution in [2.75, 3.05) is 5.32 Å². The average molecular weight is 479 g/mol. The number of fused-ring (bicyclic) bond motifs is 3. The number of aromatic nitrogens is 3. The number of nitrogens with zero attached hydrogens (tertiary/aromatic N) is 3. The van der Waals surface area contributed by atoms with Gasteiger partial charge in [0.15, 0.2) is 5.82 Å². The van der Waals surface area contributed by atoms with Crippen LogP contribution < -0.4 is 16.2 Å². The second kappa shape index (κ2) is 9.44. The van der Waals surface area contributed by atoms with Crippen molar-refractivity contribution in [2.45, 2.75) is 75.4 Å². The third kappa shape index (κ3) is 4.10. The molecule has 0 amide bonds. The highest BCUT2D eigenvalue weighted by Gasteiger charge is 2.34. The summed E-state index contributed by atoms with van der Waals surface area (Å²) in [5.74, 6) is 1.10. The molecular formula is C26H31ClN6O. The summed E-state index contributed by atoms with van der Waals surface area (Å²) in [5, 5.41) is 22.2. The fourth-order valence-electron chi connectivity index (χ4n) is 6.30. The Morgan fingerprint density at radius 1 is 1.03 bits per heavy atom. The van der Waals surface area contributed by atoms with Gasteiger partial charge in [0, 0.05) is 24.0 Å². The van der Waals surface area contributed by atoms with Crippen LogP contribution in [0.15, 0.2) is 41.3 Å². The maximum atomic E-state index is 12.7. The van der Waals surface area contributed by atoms with Gasteiger partial charge in [-0.2, -0.15) is 10.4 Å². The molecule has 5 atom stereocenters. The Morgan fingerprint density at radius 3 is 2.50 bits per heavy atom. The Morgan fingerprint density at radius 2 is 1.76 bits per heavy atom. The van der Waals surface area contributed by atoms with E-state index in [0.29, 0.717) is 29.2 Å². The number of hydrogen-bond donors (Lipinski definition) is 3. The van der Waals surface area contributed by atoms with Gasteiger partial charge in [-0.05, 0) is 68.2 Å². The molecule has 1 saturated carbocycles. The highest BCUT2D eigenvalue weighted by atomic mass is 35.5. The van der Waals surface area contributed by atoms with E-state index in [9.17, 15) is 10.1 Å². The molecule has 34 heavy (non-hydrogen) atoms. The Kier molecular flexibility index (Phi) is 6.37. The highest BCUT2D eigenvalue weighted by Crippen LogP contribution is 2.38. The van der Waals surface area contributed by atoms with Crippen LogP contribution >= 0.6 is 12.4 Å². The minimum Gasteiger partial charge on any atom is -0.338 e. The first kappa shape index (κ1) is 22.9. The van der Waals surface area contributed by atoms with Crippen molar-refractivity contribution in [3.8, 4) is 6.07 Å². The Balaban J connectivity index is 0.00000241. The maximum absolute atomic E-state index is 12.7. The minimum absolute atomic E-state index is 0. The van der Waals surface area contributed by atoms with Crippen LogP contribution in [-0.2, 0) is 0 Å². The predicted molar refractivity (Wildman–Crippen MR) is 136 cm³/mol. The number of anilines is 2. The van der Waals surface area contributed by atoms with Gasteiger partial charge in [-0.1, -0.05) is 25.0 Å². The molecule has 2 aromatic heterocycles. The second-order valence-corrected chi connectivity index (χ2v) is 10.0. The summed E-state index contributed by atoms with van der Waals surface area (Å²) in [4.78, 5) is 15.5. The van der Waals surface area contributed by atoms with Crippen molar-refractivity contribution in [3.63, 3.8) is 0 Å². The van der Waals surface area contributed by atoms with Crippen LogP contribution in [0.1, 0.15) is 68.9 Å². The number of aromatic amines is 1. The van der Waals surface area contributed by atoms with E-state index in [1.807, 2.05) is 10.7 Å². The molecule has 2 aliphatic heterocycles. The number of halogens is 1. The molecule has 7 nitrogen and oxygen atoms in total. The molecule has 3 N–H and O–H groups in total. The summed E-state index contributed by atoms with van der Waals surface area (Å²) in [6, 6.07) is 14.3. The lowest BCUT2D eigenvalue weighted by Crippen LogP contribution is -2.37. The fraction of sp³-hybridized carbons (Fsp3) is 0.500. The van der Waals surface area contributed by atoms with Gasteiger partial charge in [0.1, 0.15) is 5.39 Å². The molecule has 3 aromatic rings. The van der Waals surface area contributed by atoms with Gasteiger partial charge in [-0.3, -0.25) is 9.48 Å². The topological polar surface area (TPSA) is 98.5 Å². The lowest BCUT2D eigenvalue weighted by atomic mass is 9.85. The van der Waals surface area contributed by atoms with Gasteiger partial charge < -0.3 is 15.6 Å². The van der Waals surface area contributed by atoms with Crippen molar-refractivity contribution in [3.05, 3.63) is 52.4 Å². The van der Waals surface area contributed by atoms with Crippen LogP contribution in [0.4, 0.5) is 11.5 Å². The lowest BCUT2D eigenvalue weighted by Gasteiger charge is -2.29. The van der Waals surface area contributed by atoms with Crippen molar-refractivity contribution in [1.29, 1.82) is 5.26 Å². The molecule has 178 valence electrons. The van der Waals surface area contributed by atoms with Crippen LogP contribution in [0, 0.1) is 17.2 Å². The number of H-pyrrole nitrogens is 1. The monoisotopic (exact) mass is 478 g/mol. The van der Waals surface area contributed by atoms with Gasteiger partial charge in [0.05, 0.1) is 23.5 Å². The first-order valence-electron chi connectivity index (χ1n) is 12.3. The molecule has 1 aromatic carbocycles. The molecule has 4 heterocycles. The van der Waals surface area contributed by atoms with Gasteiger partial charge in [-0.15, -0.1) is 12.4 Å². The quantitative estimate of drug-likeness (QED) is 0.482. The van der Waals surface area contributed by atoms with E-state index in [2.05, 4.69) is 46.0 Å². The van der Waals surface area contributed by atoms with E-state index >= 15 is 0 Å². The summed E-state index contributed by atoms with van der Waals surface area (Å²) in [6.45, 7) is 0. The Hall–Kier alpha value is -2.82. The summed E-state index contributed by atoms with van der Waals surface area (Å²) >= 11 is 0. The van der Waals surface area contributed by atoms with E-state index in [-0.39, 0.29) is 29.9 Å². The Labute approximate surface area is 205 Å². The number of benzene rings is 1. The Bertz CT molecular complexity index is 1250. The van der Waals surface area contributed by atoms with Crippen LogP contribution in [0.5, 0.6) is 0 Å². The van der Waals surface area contributed by atoms with E-state index in [0.717, 1.165) is 36.9 Å². The van der Waals surface area contributed by atoms with Gasteiger partial charge in [0.2, 0.25) is 0 Å². The minimum atomic E-state index is -0.160. The molecule has 0 spiro atoms. The van der Waals surface area contributed by atoms with Crippen LogP contribution in [0.25, 0.3) is 10.9 Å². The number of rotatable bonds is 4. The van der Waals surface area contributed by atoms with Crippen LogP contribution in [0.3, 0.4) is 0 Å². The SMILES string of the molecule is Cl.N#C[C@H]1CCCC[C@@H]1n1nc(Nc2ccc(C3C[C@H]4CC[C@@H](C3)N4)cc2)c2c(=O)[nH]ccc21. The summed E-state index contributed by atoms with van der Waals surface area (Å²) in [5.41, 5.74) is 2.94. The average Bonchev–Trinajstić information content (AvgIpc) is 3.39. The van der Waals surface area contributed by atoms with Gasteiger partial charge in [0.25, 0.3) is 5.56 Å². The van der Waals surface area contributed by atoms with Crippen molar-refractivity contribution < 1.29 is 0 Å². The molecule has 0 radical (unpaired) electrons. The maximum Gasteiger partial charge on any atom is 0.261 e. The lowest BCUT2D eigenvalue weighted by molar-refractivity contribution is 0.277. The number of hydrogen-bond acceptors (Lipinski definition) is 5. The van der Waals surface area contributed by atoms with E-state index in [1.165, 1.54) is 31.2 Å². The zero-order valence-electron chi connectivity index (χ0n) is 19.2. The summed E-state index contributed by atoms with van der Waals surface area (Å²) < 4.78 is 1.92. The standard InChI is InChI=1S/C26H30N6O.ClH/c27-15-17-3-1-2-4-22(17)32-23-11-12-28-26(33)24(23)25(31-32)30-19-7-5-16(6-8-19)18-13-20-9-10-21(14-18)29-20;/h5-8,11-12,17-18,20-22,29H,1-4,9-10,13-14H2,(H,28,33)(H,30,31);1H/t17-,18?,20-,21+,22+;/m1./s1. The zero-order chi connectivity index (χ0) is 22.4. The van der Waals surface area contributed by atoms with E-state index in [4.69, 9.17) is 5.10 Å². The number of nitrogens with one attached hydrogen (secondary N) is 3. The molecule has 3 fully saturated rings. The molecular weight excluding hydrogens is 448 g/mol. The van der Waals surface area contributed by atoms with E-state index < -0.39 is 0 Å². The molecule has 6 rings (SSSR count). The van der Waals surface area contributed by atoms with Crippen molar-refractivity contribution in [2.24, 2.45) is 5.92 Å². The third-order valence-corrected chi connectivity index (χ3v) is 7.96. The predicted octanol–water partition coefficient (Wildman–Crippen LogP) is 5.14. The highest BCUT2D eigenvalue weighted by molar-refractivity contribution is 5.91. The smallest absolute Gasteiger partial charge is 0.261 e. The van der Waals surface area contributed by atoms with Gasteiger partial charge in [-0.25, -0.2) is 0 Å². The van der Waals surface area contributed by atoms with Crippen molar-refractivity contribution >= 4 is 34.8 Å². The number of nitriles is 1. The fourth-order valence-corrected chi connectivity index (χ4v) is 6.30. The van der Waals surface area contributed by atoms with E-state index in [1.54, 1.807) is 6.20 Å². The van der Waals surface area contributed by atoms with Crippen LogP contribution in [0.2, 0.25) is 0 Å². The number of pyridine rings is 1. The van der Waals surface area contributed by atoms with Gasteiger partial charge >= 0.3 is 0 Å². The summed E-state index contributed by atoms with van der Waals surface area (Å²) in [7, 11) is 0. The molecule has 2 bridgehead atoms. The normalized spacial score (nSPS) is 28.3. The molecule has 2 saturated heterocycles. The first-order chi connectivity index (χ1) is 16.2. The van der Waals surface area contributed by atoms with Crippen LogP contribution in [-0.4, -0.2) is 26.8 Å². The molecule has 8 heteroatoms. The van der Waals surface area contributed by atoms with Crippen molar-refractivity contribution in [1.82, 2.24) is 20.1 Å². The zero-order valence-corrected chi connectivity index (χ0v) is 20.0. The first-order valence-corrected chi connectivity index (χ1v) is 12.3. The summed E-state index contributed by atoms with van der Waals surface area (Å²) in [6.07, 6.45) is 10.7. The largest absolute Gasteiger partial charge is 0.338 e. The molecule has 1 unspecified atom stereocenters.